The van der Waals surface area contributed by atoms with Crippen LogP contribution in [0.25, 0.3) is 10.9 Å². The molecule has 10 heteroatoms. The highest BCUT2D eigenvalue weighted by atomic mass is 32.1. The number of amides is 4. The van der Waals surface area contributed by atoms with E-state index >= 15 is 0 Å². The molecule has 0 radical (unpaired) electrons. The van der Waals surface area contributed by atoms with Crippen LogP contribution in [0.5, 0.6) is 0 Å². The molecular weight excluding hydrogens is 456 g/mol. The summed E-state index contributed by atoms with van der Waals surface area (Å²) in [6, 6.07) is 8.02. The lowest BCUT2D eigenvalue weighted by molar-refractivity contribution is -0.130. The smallest absolute Gasteiger partial charge is 0.341 e. The first-order valence-corrected chi connectivity index (χ1v) is 11.9. The van der Waals surface area contributed by atoms with Crippen LogP contribution in [0.4, 0.5) is 9.80 Å². The summed E-state index contributed by atoms with van der Waals surface area (Å²) in [5.74, 6) is -1.42. The summed E-state index contributed by atoms with van der Waals surface area (Å²) < 4.78 is 5.09. The molecule has 34 heavy (non-hydrogen) atoms. The van der Waals surface area contributed by atoms with Crippen molar-refractivity contribution in [2.24, 2.45) is 0 Å². The third-order valence-electron chi connectivity index (χ3n) is 5.58. The highest BCUT2D eigenvalue weighted by Crippen LogP contribution is 2.33. The third kappa shape index (κ3) is 4.67. The quantitative estimate of drug-likeness (QED) is 0.334. The summed E-state index contributed by atoms with van der Waals surface area (Å²) in [5.41, 5.74) is 2.11. The van der Waals surface area contributed by atoms with E-state index in [1.165, 1.54) is 11.3 Å². The predicted molar refractivity (Wildman–Crippen MR) is 129 cm³/mol. The maximum atomic E-state index is 12.9. The second-order valence-electron chi connectivity index (χ2n) is 8.30. The van der Waals surface area contributed by atoms with Gasteiger partial charge in [-0.25, -0.2) is 9.59 Å². The van der Waals surface area contributed by atoms with Gasteiger partial charge in [-0.2, -0.15) is 0 Å². The Morgan fingerprint density at radius 3 is 2.74 bits per heavy atom. The molecule has 4 amide bonds. The molecule has 1 saturated heterocycles. The molecule has 3 N–H and O–H groups in total. The van der Waals surface area contributed by atoms with Gasteiger partial charge in [-0.05, 0) is 30.5 Å². The molecule has 1 aromatic carbocycles. The zero-order valence-electron chi connectivity index (χ0n) is 19.1. The molecule has 1 aliphatic heterocycles. The number of carbonyl (C=O) groups excluding carboxylic acids is 4. The molecule has 0 bridgehead atoms. The van der Waals surface area contributed by atoms with Crippen molar-refractivity contribution in [1.82, 2.24) is 15.2 Å². The SMILES string of the molecule is CCOC(=O)c1cc(C(C)C)sc1NC(=O)CN1C(=O)N[C@@H](Cc2c[nH]c3ccccc23)C1=O. The molecule has 1 atom stereocenters. The lowest BCUT2D eigenvalue weighted by Gasteiger charge is -2.13. The van der Waals surface area contributed by atoms with Crippen LogP contribution in [-0.2, 0) is 20.7 Å². The number of H-pyrrole nitrogens is 1. The number of ether oxygens (including phenoxy) is 1. The number of esters is 1. The standard InChI is InChI=1S/C24H26N4O5S/c1-4-33-23(31)16-10-19(13(2)3)34-21(16)27-20(29)12-28-22(30)18(26-24(28)32)9-14-11-25-17-8-6-5-7-15(14)17/h5-8,10-11,13,18,25H,4,9,12H2,1-3H3,(H,26,32)(H,27,29)/t18-/m0/s1. The maximum Gasteiger partial charge on any atom is 0.341 e. The second-order valence-corrected chi connectivity index (χ2v) is 9.39. The van der Waals surface area contributed by atoms with Crippen molar-refractivity contribution in [3.63, 3.8) is 0 Å². The molecule has 0 spiro atoms. The number of rotatable bonds is 8. The fourth-order valence-corrected chi connectivity index (χ4v) is 4.91. The molecule has 9 nitrogen and oxygen atoms in total. The number of para-hydroxylation sites is 1. The molecule has 178 valence electrons. The van der Waals surface area contributed by atoms with Gasteiger partial charge in [0.25, 0.3) is 5.91 Å². The molecule has 3 aromatic rings. The van der Waals surface area contributed by atoms with Crippen LogP contribution in [0.2, 0.25) is 0 Å². The Hall–Kier alpha value is -3.66. The molecule has 0 unspecified atom stereocenters. The number of aromatic amines is 1. The lowest BCUT2D eigenvalue weighted by Crippen LogP contribution is -2.38. The van der Waals surface area contributed by atoms with Crippen molar-refractivity contribution in [2.45, 2.75) is 39.2 Å². The van der Waals surface area contributed by atoms with Crippen LogP contribution in [0.1, 0.15) is 47.5 Å². The minimum absolute atomic E-state index is 0.153. The second kappa shape index (κ2) is 9.68. The number of benzene rings is 1. The molecule has 1 aliphatic rings. The van der Waals surface area contributed by atoms with Gasteiger partial charge in [0.2, 0.25) is 5.91 Å². The van der Waals surface area contributed by atoms with E-state index in [2.05, 4.69) is 15.6 Å². The van der Waals surface area contributed by atoms with Gasteiger partial charge < -0.3 is 20.4 Å². The lowest BCUT2D eigenvalue weighted by atomic mass is 10.1. The van der Waals surface area contributed by atoms with E-state index in [1.807, 2.05) is 44.3 Å². The topological polar surface area (TPSA) is 121 Å². The highest BCUT2D eigenvalue weighted by Gasteiger charge is 2.39. The van der Waals surface area contributed by atoms with E-state index in [-0.39, 0.29) is 18.1 Å². The maximum absolute atomic E-state index is 12.9. The normalized spacial score (nSPS) is 15.8. The number of hydrogen-bond acceptors (Lipinski definition) is 6. The first kappa shape index (κ1) is 23.5. The number of imide groups is 1. The Kier molecular flexibility index (Phi) is 6.69. The highest BCUT2D eigenvalue weighted by molar-refractivity contribution is 7.16. The fourth-order valence-electron chi connectivity index (χ4n) is 3.84. The molecular formula is C24H26N4O5S. The van der Waals surface area contributed by atoms with E-state index in [0.717, 1.165) is 26.2 Å². The van der Waals surface area contributed by atoms with Crippen LogP contribution in [-0.4, -0.2) is 52.9 Å². The molecule has 2 aromatic heterocycles. The Morgan fingerprint density at radius 1 is 1.24 bits per heavy atom. The molecule has 3 heterocycles. The number of thiophene rings is 1. The number of hydrogen-bond donors (Lipinski definition) is 3. The van der Waals surface area contributed by atoms with Crippen molar-refractivity contribution in [2.75, 3.05) is 18.5 Å². The van der Waals surface area contributed by atoms with Crippen LogP contribution >= 0.6 is 11.3 Å². The first-order valence-electron chi connectivity index (χ1n) is 11.1. The van der Waals surface area contributed by atoms with Crippen LogP contribution in [0, 0.1) is 0 Å². The number of aromatic nitrogens is 1. The van der Waals surface area contributed by atoms with Crippen molar-refractivity contribution in [3.8, 4) is 0 Å². The van der Waals surface area contributed by atoms with Gasteiger partial charge in [-0.1, -0.05) is 32.0 Å². The number of carbonyl (C=O) groups is 4. The fraction of sp³-hybridized carbons (Fsp3) is 0.333. The minimum Gasteiger partial charge on any atom is -0.462 e. The van der Waals surface area contributed by atoms with Gasteiger partial charge in [-0.15, -0.1) is 11.3 Å². The summed E-state index contributed by atoms with van der Waals surface area (Å²) in [4.78, 5) is 55.4. The summed E-state index contributed by atoms with van der Waals surface area (Å²) in [5, 5.41) is 6.66. The van der Waals surface area contributed by atoms with Gasteiger partial charge in [0.1, 0.15) is 17.6 Å². The zero-order chi connectivity index (χ0) is 24.4. The molecule has 0 aliphatic carbocycles. The van der Waals surface area contributed by atoms with Gasteiger partial charge in [0.05, 0.1) is 12.2 Å². The van der Waals surface area contributed by atoms with E-state index < -0.39 is 36.4 Å². The summed E-state index contributed by atoms with van der Waals surface area (Å²) >= 11 is 1.27. The van der Waals surface area contributed by atoms with E-state index in [1.54, 1.807) is 13.0 Å². The number of fused-ring (bicyclic) bond motifs is 1. The Morgan fingerprint density at radius 2 is 2.00 bits per heavy atom. The van der Waals surface area contributed by atoms with Gasteiger partial charge in [-0.3, -0.25) is 14.5 Å². The largest absolute Gasteiger partial charge is 0.462 e. The summed E-state index contributed by atoms with van der Waals surface area (Å²) in [7, 11) is 0. The molecule has 1 fully saturated rings. The Bertz CT molecular complexity index is 1260. The van der Waals surface area contributed by atoms with Crippen molar-refractivity contribution in [3.05, 3.63) is 52.5 Å². The van der Waals surface area contributed by atoms with Gasteiger partial charge >= 0.3 is 12.0 Å². The summed E-state index contributed by atoms with van der Waals surface area (Å²) in [6.07, 6.45) is 2.13. The van der Waals surface area contributed by atoms with E-state index in [9.17, 15) is 19.2 Å². The average Bonchev–Trinajstić information content (AvgIpc) is 3.47. The summed E-state index contributed by atoms with van der Waals surface area (Å²) in [6.45, 7) is 5.42. The Labute approximate surface area is 200 Å². The number of anilines is 1. The zero-order valence-corrected chi connectivity index (χ0v) is 20.0. The number of nitrogens with one attached hydrogen (secondary N) is 3. The van der Waals surface area contributed by atoms with Crippen molar-refractivity contribution in [1.29, 1.82) is 0 Å². The first-order chi connectivity index (χ1) is 16.3. The van der Waals surface area contributed by atoms with Gasteiger partial charge in [0.15, 0.2) is 0 Å². The van der Waals surface area contributed by atoms with E-state index in [4.69, 9.17) is 4.74 Å². The monoisotopic (exact) mass is 482 g/mol. The third-order valence-corrected chi connectivity index (χ3v) is 6.93. The number of urea groups is 1. The molecule has 0 saturated carbocycles. The number of nitrogens with zero attached hydrogens (tertiary/aromatic N) is 1. The average molecular weight is 483 g/mol. The van der Waals surface area contributed by atoms with Gasteiger partial charge in [0, 0.05) is 28.4 Å². The van der Waals surface area contributed by atoms with Crippen LogP contribution < -0.4 is 10.6 Å². The van der Waals surface area contributed by atoms with Crippen molar-refractivity contribution < 1.29 is 23.9 Å². The minimum atomic E-state index is -0.760. The van der Waals surface area contributed by atoms with E-state index in [0.29, 0.717) is 11.4 Å². The molecule has 4 rings (SSSR count). The Balaban J connectivity index is 1.45. The van der Waals surface area contributed by atoms with Crippen LogP contribution in [0.3, 0.4) is 0 Å². The van der Waals surface area contributed by atoms with Crippen molar-refractivity contribution >= 4 is 51.1 Å². The predicted octanol–water partition coefficient (Wildman–Crippen LogP) is 3.63. The van der Waals surface area contributed by atoms with Crippen LogP contribution in [0.15, 0.2) is 36.5 Å².